The molecule has 0 aliphatic carbocycles. The van der Waals surface area contributed by atoms with Gasteiger partial charge in [0.2, 0.25) is 0 Å². The minimum atomic E-state index is -0.416. The van der Waals surface area contributed by atoms with Crippen LogP contribution in [-0.4, -0.2) is 12.6 Å². The van der Waals surface area contributed by atoms with Crippen molar-refractivity contribution in [2.24, 2.45) is 16.7 Å². The minimum absolute atomic E-state index is 0.0524. The fraction of sp³-hybridized carbons (Fsp3) is 0.929. The first-order valence-corrected chi connectivity index (χ1v) is 6.35. The van der Waals surface area contributed by atoms with Crippen LogP contribution in [0.3, 0.4) is 0 Å². The lowest BCUT2D eigenvalue weighted by Crippen LogP contribution is -2.45. The molecule has 0 N–H and O–H groups in total. The van der Waals surface area contributed by atoms with E-state index in [1.807, 2.05) is 6.92 Å². The summed E-state index contributed by atoms with van der Waals surface area (Å²) in [6.45, 7) is 15.2. The van der Waals surface area contributed by atoms with Crippen LogP contribution >= 0.6 is 0 Å². The number of hydrogen-bond acceptors (Lipinski definition) is 2. The predicted octanol–water partition coefficient (Wildman–Crippen LogP) is 4.04. The van der Waals surface area contributed by atoms with E-state index in [2.05, 4.69) is 41.5 Å². The summed E-state index contributed by atoms with van der Waals surface area (Å²) in [7, 11) is 0. The molecule has 2 nitrogen and oxygen atoms in total. The number of carbonyl (C=O) groups is 1. The molecule has 0 radical (unpaired) electrons. The van der Waals surface area contributed by atoms with Crippen LogP contribution in [0.2, 0.25) is 0 Å². The van der Waals surface area contributed by atoms with Crippen molar-refractivity contribution >= 4 is 5.97 Å². The Morgan fingerprint density at radius 2 is 1.69 bits per heavy atom. The molecule has 0 aromatic rings. The second kappa shape index (κ2) is 5.70. The van der Waals surface area contributed by atoms with E-state index in [0.717, 1.165) is 12.8 Å². The number of unbranched alkanes of at least 4 members (excludes halogenated alkanes) is 1. The summed E-state index contributed by atoms with van der Waals surface area (Å²) in [4.78, 5) is 12.2. The lowest BCUT2D eigenvalue weighted by atomic mass is 9.62. The summed E-state index contributed by atoms with van der Waals surface area (Å²) < 4.78 is 5.40. The van der Waals surface area contributed by atoms with Gasteiger partial charge in [-0.1, -0.05) is 48.0 Å². The smallest absolute Gasteiger partial charge is 0.312 e. The van der Waals surface area contributed by atoms with Gasteiger partial charge in [0.25, 0.3) is 0 Å². The average molecular weight is 228 g/mol. The number of carbonyl (C=O) groups excluding carboxylic acids is 1. The zero-order valence-electron chi connectivity index (χ0n) is 12.0. The molecule has 0 bridgehead atoms. The quantitative estimate of drug-likeness (QED) is 0.524. The largest absolute Gasteiger partial charge is 0.465 e. The minimum Gasteiger partial charge on any atom is -0.465 e. The molecule has 0 rings (SSSR count). The highest BCUT2D eigenvalue weighted by atomic mass is 16.5. The molecule has 0 saturated carbocycles. The third kappa shape index (κ3) is 3.23. The van der Waals surface area contributed by atoms with Crippen molar-refractivity contribution in [2.45, 2.75) is 61.3 Å². The maximum Gasteiger partial charge on any atom is 0.312 e. The van der Waals surface area contributed by atoms with E-state index < -0.39 is 5.41 Å². The van der Waals surface area contributed by atoms with Gasteiger partial charge in [-0.15, -0.1) is 0 Å². The molecule has 0 amide bonds. The lowest BCUT2D eigenvalue weighted by Gasteiger charge is -2.42. The highest BCUT2D eigenvalue weighted by Crippen LogP contribution is 2.45. The van der Waals surface area contributed by atoms with E-state index >= 15 is 0 Å². The maximum atomic E-state index is 12.2. The molecular weight excluding hydrogens is 200 g/mol. The normalized spacial score (nSPS) is 16.0. The van der Waals surface area contributed by atoms with E-state index in [0.29, 0.717) is 6.61 Å². The van der Waals surface area contributed by atoms with Crippen molar-refractivity contribution < 1.29 is 9.53 Å². The zero-order valence-corrected chi connectivity index (χ0v) is 12.0. The summed E-state index contributed by atoms with van der Waals surface area (Å²) in [5.74, 6) is 0.227. The Balaban J connectivity index is 4.73. The van der Waals surface area contributed by atoms with Gasteiger partial charge in [-0.25, -0.2) is 0 Å². The first kappa shape index (κ1) is 15.5. The number of rotatable bonds is 5. The molecule has 0 aliphatic heterocycles. The Labute approximate surface area is 101 Å². The van der Waals surface area contributed by atoms with Crippen LogP contribution in [0.1, 0.15) is 61.3 Å². The van der Waals surface area contributed by atoms with Crippen molar-refractivity contribution in [1.29, 1.82) is 0 Å². The van der Waals surface area contributed by atoms with Crippen LogP contribution in [0, 0.1) is 16.7 Å². The van der Waals surface area contributed by atoms with Crippen LogP contribution in [-0.2, 0) is 9.53 Å². The van der Waals surface area contributed by atoms with E-state index in [1.54, 1.807) is 0 Å². The van der Waals surface area contributed by atoms with Crippen LogP contribution in [0.5, 0.6) is 0 Å². The highest BCUT2D eigenvalue weighted by Gasteiger charge is 2.47. The Morgan fingerprint density at radius 1 is 1.19 bits per heavy atom. The molecule has 2 heteroatoms. The van der Waals surface area contributed by atoms with Gasteiger partial charge in [-0.2, -0.15) is 0 Å². The molecule has 96 valence electrons. The Bertz CT molecular complexity index is 225. The molecule has 0 aliphatic rings. The first-order chi connectivity index (χ1) is 7.17. The van der Waals surface area contributed by atoms with Gasteiger partial charge < -0.3 is 4.74 Å². The third-order valence-electron chi connectivity index (χ3n) is 3.87. The summed E-state index contributed by atoms with van der Waals surface area (Å²) in [6, 6.07) is 0. The zero-order chi connectivity index (χ0) is 13.0. The van der Waals surface area contributed by atoms with Gasteiger partial charge in [0.1, 0.15) is 0 Å². The lowest BCUT2D eigenvalue weighted by molar-refractivity contribution is -0.166. The number of ether oxygens (including phenoxy) is 1. The maximum absolute atomic E-state index is 12.2. The van der Waals surface area contributed by atoms with Crippen molar-refractivity contribution in [2.75, 3.05) is 6.61 Å². The first-order valence-electron chi connectivity index (χ1n) is 6.35. The molecule has 16 heavy (non-hydrogen) atoms. The van der Waals surface area contributed by atoms with Gasteiger partial charge in [-0.05, 0) is 24.7 Å². The molecule has 0 aromatic heterocycles. The van der Waals surface area contributed by atoms with Crippen molar-refractivity contribution in [1.82, 2.24) is 0 Å². The van der Waals surface area contributed by atoms with Gasteiger partial charge >= 0.3 is 5.97 Å². The Hall–Kier alpha value is -0.530. The monoisotopic (exact) mass is 228 g/mol. The van der Waals surface area contributed by atoms with Crippen LogP contribution in [0.25, 0.3) is 0 Å². The Morgan fingerprint density at radius 3 is 2.00 bits per heavy atom. The van der Waals surface area contributed by atoms with Crippen molar-refractivity contribution in [3.05, 3.63) is 0 Å². The fourth-order valence-corrected chi connectivity index (χ4v) is 1.87. The van der Waals surface area contributed by atoms with E-state index in [1.165, 1.54) is 0 Å². The highest BCUT2D eigenvalue weighted by molar-refractivity contribution is 5.77. The predicted molar refractivity (Wildman–Crippen MR) is 68.3 cm³/mol. The SMILES string of the molecule is CCCCOC(=O)C(C)(C(C)C)C(C)(C)C. The molecular formula is C14H28O2. The molecule has 0 aromatic carbocycles. The van der Waals surface area contributed by atoms with Crippen molar-refractivity contribution in [3.63, 3.8) is 0 Å². The number of esters is 1. The second-order valence-electron chi connectivity index (χ2n) is 6.10. The van der Waals surface area contributed by atoms with Gasteiger partial charge in [-0.3, -0.25) is 4.79 Å². The summed E-state index contributed by atoms with van der Waals surface area (Å²) in [5.41, 5.74) is -0.495. The van der Waals surface area contributed by atoms with E-state index in [9.17, 15) is 4.79 Å². The molecule has 0 heterocycles. The average Bonchev–Trinajstić information content (AvgIpc) is 2.14. The second-order valence-corrected chi connectivity index (χ2v) is 6.10. The van der Waals surface area contributed by atoms with Gasteiger partial charge in [0.15, 0.2) is 0 Å². The van der Waals surface area contributed by atoms with Crippen molar-refractivity contribution in [3.8, 4) is 0 Å². The topological polar surface area (TPSA) is 26.3 Å². The molecule has 1 atom stereocenters. The van der Waals surface area contributed by atoms with Gasteiger partial charge in [0, 0.05) is 0 Å². The van der Waals surface area contributed by atoms with Crippen LogP contribution in [0.15, 0.2) is 0 Å². The van der Waals surface area contributed by atoms with Crippen LogP contribution < -0.4 is 0 Å². The molecule has 0 spiro atoms. The number of hydrogen-bond donors (Lipinski definition) is 0. The van der Waals surface area contributed by atoms with E-state index in [-0.39, 0.29) is 17.3 Å². The van der Waals surface area contributed by atoms with E-state index in [4.69, 9.17) is 4.74 Å². The molecule has 0 fully saturated rings. The summed E-state index contributed by atoms with van der Waals surface area (Å²) in [5, 5.41) is 0. The summed E-state index contributed by atoms with van der Waals surface area (Å²) >= 11 is 0. The van der Waals surface area contributed by atoms with Crippen LogP contribution in [0.4, 0.5) is 0 Å². The standard InChI is InChI=1S/C14H28O2/c1-8-9-10-16-12(15)14(7,11(2)3)13(4,5)6/h11H,8-10H2,1-7H3. The van der Waals surface area contributed by atoms with Gasteiger partial charge in [0.05, 0.1) is 12.0 Å². The summed E-state index contributed by atoms with van der Waals surface area (Å²) in [6.07, 6.45) is 2.01. The fourth-order valence-electron chi connectivity index (χ4n) is 1.87. The third-order valence-corrected chi connectivity index (χ3v) is 3.87. The molecule has 0 saturated heterocycles. The molecule has 1 unspecified atom stereocenters. The Kier molecular flexibility index (Phi) is 5.51.